The van der Waals surface area contributed by atoms with E-state index in [4.69, 9.17) is 4.74 Å². The Morgan fingerprint density at radius 1 is 0.893 bits per heavy atom. The number of hydrogen-bond donors (Lipinski definition) is 0. The molecule has 1 aliphatic carbocycles. The highest BCUT2D eigenvalue weighted by molar-refractivity contribution is 6.44. The maximum atomic E-state index is 12.6. The summed E-state index contributed by atoms with van der Waals surface area (Å²) in [5, 5.41) is 0. The number of carbonyl (C=O) groups is 3. The van der Waals surface area contributed by atoms with Crippen LogP contribution in [0.1, 0.15) is 69.9 Å². The number of aryl methyl sites for hydroxylation is 1. The number of methoxy groups -OCH3 is 1. The van der Waals surface area contributed by atoms with Crippen LogP contribution < -0.4 is 0 Å². The van der Waals surface area contributed by atoms with Gasteiger partial charge in [0, 0.05) is 12.0 Å². The summed E-state index contributed by atoms with van der Waals surface area (Å²) >= 11 is 0. The van der Waals surface area contributed by atoms with Gasteiger partial charge in [-0.15, -0.1) is 0 Å². The molecule has 0 aromatic heterocycles. The van der Waals surface area contributed by atoms with E-state index in [0.29, 0.717) is 5.92 Å². The molecule has 28 heavy (non-hydrogen) atoms. The summed E-state index contributed by atoms with van der Waals surface area (Å²) in [6.45, 7) is 2.08. The minimum absolute atomic E-state index is 0.132. The molecule has 2 aromatic carbocycles. The van der Waals surface area contributed by atoms with Crippen molar-refractivity contribution < 1.29 is 19.1 Å². The first-order valence-corrected chi connectivity index (χ1v) is 9.81. The Labute approximate surface area is 165 Å². The van der Waals surface area contributed by atoms with Crippen molar-refractivity contribution in [2.24, 2.45) is 5.92 Å². The van der Waals surface area contributed by atoms with Gasteiger partial charge in [0.05, 0.1) is 12.7 Å². The van der Waals surface area contributed by atoms with E-state index in [-0.39, 0.29) is 23.5 Å². The van der Waals surface area contributed by atoms with Crippen molar-refractivity contribution in [3.63, 3.8) is 0 Å². The second-order valence-electron chi connectivity index (χ2n) is 7.62. The largest absolute Gasteiger partial charge is 0.465 e. The topological polar surface area (TPSA) is 60.4 Å². The van der Waals surface area contributed by atoms with Crippen molar-refractivity contribution in [1.29, 1.82) is 0 Å². The summed E-state index contributed by atoms with van der Waals surface area (Å²) in [5.41, 5.74) is 2.89. The van der Waals surface area contributed by atoms with Crippen LogP contribution >= 0.6 is 0 Å². The Kier molecular flexibility index (Phi) is 6.40. The molecule has 4 heteroatoms. The minimum Gasteiger partial charge on any atom is -0.465 e. The fraction of sp³-hybridized carbons (Fsp3) is 0.375. The van der Waals surface area contributed by atoms with Gasteiger partial charge < -0.3 is 4.74 Å². The number of ketones is 2. The molecule has 1 fully saturated rings. The molecule has 1 aliphatic rings. The highest BCUT2D eigenvalue weighted by atomic mass is 16.5. The summed E-state index contributed by atoms with van der Waals surface area (Å²) in [6.07, 6.45) is 4.20. The van der Waals surface area contributed by atoms with E-state index in [1.165, 1.54) is 30.4 Å². The molecule has 0 aliphatic heterocycles. The molecular formula is C24H26O4. The van der Waals surface area contributed by atoms with Crippen molar-refractivity contribution in [2.75, 3.05) is 7.11 Å². The van der Waals surface area contributed by atoms with Gasteiger partial charge in [0.15, 0.2) is 0 Å². The normalized spacial score (nSPS) is 19.1. The lowest BCUT2D eigenvalue weighted by Crippen LogP contribution is -2.23. The number of ether oxygens (including phenoxy) is 1. The first kappa shape index (κ1) is 20.0. The number of benzene rings is 2. The summed E-state index contributed by atoms with van der Waals surface area (Å²) in [5.74, 6) is -0.863. The third-order valence-corrected chi connectivity index (χ3v) is 5.70. The first-order valence-electron chi connectivity index (χ1n) is 9.81. The van der Waals surface area contributed by atoms with E-state index in [0.717, 1.165) is 25.7 Å². The van der Waals surface area contributed by atoms with Crippen LogP contribution in [0, 0.1) is 12.8 Å². The van der Waals surface area contributed by atoms with Crippen molar-refractivity contribution >= 4 is 17.5 Å². The molecule has 3 rings (SSSR count). The molecule has 0 radical (unpaired) electrons. The molecule has 146 valence electrons. The summed E-state index contributed by atoms with van der Waals surface area (Å²) in [7, 11) is 1.26. The fourth-order valence-corrected chi connectivity index (χ4v) is 4.01. The zero-order valence-corrected chi connectivity index (χ0v) is 16.4. The van der Waals surface area contributed by atoms with Crippen LogP contribution in [0.3, 0.4) is 0 Å². The second kappa shape index (κ2) is 8.96. The third-order valence-electron chi connectivity index (χ3n) is 5.70. The van der Waals surface area contributed by atoms with Crippen LogP contribution in [0.5, 0.6) is 0 Å². The fourth-order valence-electron chi connectivity index (χ4n) is 4.01. The quantitative estimate of drug-likeness (QED) is 0.408. The number of Topliss-reactive ketones (excluding diaryl/α,β-unsaturated/α-hetero) is 2. The Morgan fingerprint density at radius 2 is 1.50 bits per heavy atom. The van der Waals surface area contributed by atoms with E-state index in [1.54, 1.807) is 12.1 Å². The van der Waals surface area contributed by atoms with E-state index >= 15 is 0 Å². The van der Waals surface area contributed by atoms with Crippen molar-refractivity contribution in [1.82, 2.24) is 0 Å². The van der Waals surface area contributed by atoms with Gasteiger partial charge >= 0.3 is 5.97 Å². The van der Waals surface area contributed by atoms with E-state index in [1.807, 2.05) is 0 Å². The van der Waals surface area contributed by atoms with Gasteiger partial charge in [0.2, 0.25) is 11.6 Å². The molecule has 0 saturated heterocycles. The lowest BCUT2D eigenvalue weighted by Gasteiger charge is -2.28. The number of carbonyl (C=O) groups excluding carboxylic acids is 3. The molecule has 4 nitrogen and oxygen atoms in total. The van der Waals surface area contributed by atoms with Gasteiger partial charge in [-0.05, 0) is 56.1 Å². The Bertz CT molecular complexity index is 858. The molecule has 0 unspecified atom stereocenters. The minimum atomic E-state index is -0.602. The Balaban J connectivity index is 1.59. The molecular weight excluding hydrogens is 352 g/mol. The molecule has 0 amide bonds. The van der Waals surface area contributed by atoms with Crippen molar-refractivity contribution in [2.45, 2.75) is 44.9 Å². The van der Waals surface area contributed by atoms with Crippen molar-refractivity contribution in [3.05, 3.63) is 70.8 Å². The van der Waals surface area contributed by atoms with E-state index < -0.39 is 17.5 Å². The maximum absolute atomic E-state index is 12.6. The highest BCUT2D eigenvalue weighted by Crippen LogP contribution is 2.37. The van der Waals surface area contributed by atoms with Gasteiger partial charge in [-0.3, -0.25) is 9.59 Å². The number of esters is 1. The SMILES string of the molecule is COC(=O)c1ccccc1C(=O)C(=O)CC1CCC(c2ccc(C)cc2)CC1. The zero-order chi connectivity index (χ0) is 20.1. The van der Waals surface area contributed by atoms with Crippen LogP contribution in [0.25, 0.3) is 0 Å². The predicted octanol–water partition coefficient (Wildman–Crippen LogP) is 4.90. The molecule has 0 spiro atoms. The van der Waals surface area contributed by atoms with Crippen LogP contribution in [-0.2, 0) is 9.53 Å². The summed E-state index contributed by atoms with van der Waals surface area (Å²) in [4.78, 5) is 37.0. The first-order chi connectivity index (χ1) is 13.5. The lowest BCUT2D eigenvalue weighted by molar-refractivity contribution is -0.116. The van der Waals surface area contributed by atoms with Gasteiger partial charge in [-0.1, -0.05) is 48.0 Å². The molecule has 0 bridgehead atoms. The third kappa shape index (κ3) is 4.56. The monoisotopic (exact) mass is 378 g/mol. The summed E-state index contributed by atoms with van der Waals surface area (Å²) in [6, 6.07) is 15.0. The predicted molar refractivity (Wildman–Crippen MR) is 108 cm³/mol. The van der Waals surface area contributed by atoms with Crippen LogP contribution in [0.4, 0.5) is 0 Å². The maximum Gasteiger partial charge on any atom is 0.338 e. The number of rotatable bonds is 6. The van der Waals surface area contributed by atoms with Gasteiger partial charge in [-0.2, -0.15) is 0 Å². The summed E-state index contributed by atoms with van der Waals surface area (Å²) < 4.78 is 4.72. The zero-order valence-electron chi connectivity index (χ0n) is 16.4. The molecule has 2 aromatic rings. The Hall–Kier alpha value is -2.75. The molecule has 0 heterocycles. The van der Waals surface area contributed by atoms with Gasteiger partial charge in [0.1, 0.15) is 0 Å². The second-order valence-corrected chi connectivity index (χ2v) is 7.62. The van der Waals surface area contributed by atoms with Gasteiger partial charge in [-0.25, -0.2) is 4.79 Å². The average molecular weight is 378 g/mol. The van der Waals surface area contributed by atoms with Crippen LogP contribution in [0.2, 0.25) is 0 Å². The van der Waals surface area contributed by atoms with E-state index in [9.17, 15) is 14.4 Å². The van der Waals surface area contributed by atoms with Gasteiger partial charge in [0.25, 0.3) is 0 Å². The van der Waals surface area contributed by atoms with Crippen molar-refractivity contribution in [3.8, 4) is 0 Å². The average Bonchev–Trinajstić information content (AvgIpc) is 2.73. The Morgan fingerprint density at radius 3 is 2.11 bits per heavy atom. The smallest absolute Gasteiger partial charge is 0.338 e. The molecule has 0 N–H and O–H groups in total. The molecule has 1 saturated carbocycles. The highest BCUT2D eigenvalue weighted by Gasteiger charge is 2.28. The molecule has 0 atom stereocenters. The van der Waals surface area contributed by atoms with Crippen LogP contribution in [0.15, 0.2) is 48.5 Å². The lowest BCUT2D eigenvalue weighted by atomic mass is 9.76. The standard InChI is InChI=1S/C24H26O4/c1-16-7-11-18(12-8-16)19-13-9-17(10-14-19)15-22(25)23(26)20-5-3-4-6-21(20)24(27)28-2/h3-8,11-12,17,19H,9-10,13-15H2,1-2H3. The van der Waals surface area contributed by atoms with Crippen LogP contribution in [-0.4, -0.2) is 24.6 Å². The van der Waals surface area contributed by atoms with E-state index in [2.05, 4.69) is 31.2 Å². The number of hydrogen-bond acceptors (Lipinski definition) is 4.